The van der Waals surface area contributed by atoms with Gasteiger partial charge in [0.25, 0.3) is 6.43 Å². The van der Waals surface area contributed by atoms with Crippen LogP contribution in [0, 0.1) is 5.82 Å². The van der Waals surface area contributed by atoms with Gasteiger partial charge >= 0.3 is 13.9 Å². The zero-order chi connectivity index (χ0) is 27.3. The topological polar surface area (TPSA) is 184 Å². The second kappa shape index (κ2) is 11.7. The summed E-state index contributed by atoms with van der Waals surface area (Å²) in [5, 5.41) is 21.5. The van der Waals surface area contributed by atoms with E-state index in [-0.39, 0.29) is 17.8 Å². The number of aliphatic hydroxyl groups is 1. The average Bonchev–Trinajstić information content (AvgIpc) is 3.44. The van der Waals surface area contributed by atoms with E-state index >= 15 is 0 Å². The molecule has 4 rings (SSSR count). The minimum atomic E-state index is -4.64. The number of ether oxygens (including phenoxy) is 1. The Morgan fingerprint density at radius 1 is 1.22 bits per heavy atom. The molecular weight excluding hydrogens is 524 g/mol. The maximum absolute atomic E-state index is 14.8. The van der Waals surface area contributed by atoms with E-state index in [2.05, 4.69) is 20.4 Å². The summed E-state index contributed by atoms with van der Waals surface area (Å²) < 4.78 is 53.8. The smallest absolute Gasteiger partial charge is 0.441 e. The first-order valence-corrected chi connectivity index (χ1v) is 12.2. The zero-order valence-electron chi connectivity index (χ0n) is 19.1. The molecule has 4 N–H and O–H groups in total. The molecule has 13 nitrogen and oxygen atoms in total. The molecule has 0 radical (unpaired) electrons. The molecule has 2 aromatic heterocycles. The zero-order valence-corrected chi connectivity index (χ0v) is 20.0. The highest BCUT2D eigenvalue weighted by molar-refractivity contribution is 7.45. The first-order valence-electron chi connectivity index (χ1n) is 10.6. The van der Waals surface area contributed by atoms with Crippen LogP contribution in [-0.2, 0) is 15.8 Å². The van der Waals surface area contributed by atoms with Crippen molar-refractivity contribution in [1.29, 1.82) is 0 Å². The number of aromatic nitrogens is 5. The number of anilines is 1. The van der Waals surface area contributed by atoms with Crippen molar-refractivity contribution in [2.75, 3.05) is 11.4 Å². The van der Waals surface area contributed by atoms with Crippen LogP contribution in [0.3, 0.4) is 0 Å². The summed E-state index contributed by atoms with van der Waals surface area (Å²) in [6.45, 7) is 2.31. The van der Waals surface area contributed by atoms with Crippen molar-refractivity contribution < 1.29 is 47.1 Å². The fourth-order valence-corrected chi connectivity index (χ4v) is 3.27. The summed E-state index contributed by atoms with van der Waals surface area (Å²) in [4.78, 5) is 40.3. The van der Waals surface area contributed by atoms with E-state index < -0.39 is 38.4 Å². The Kier molecular flexibility index (Phi) is 8.94. The molecule has 0 spiro atoms. The van der Waals surface area contributed by atoms with Gasteiger partial charge in [-0.15, -0.1) is 10.2 Å². The highest BCUT2D eigenvalue weighted by atomic mass is 31.2. The van der Waals surface area contributed by atoms with Crippen LogP contribution in [0.1, 0.15) is 13.3 Å². The molecule has 2 atom stereocenters. The third-order valence-electron chi connectivity index (χ3n) is 4.92. The Balaban J connectivity index is 0.000000695. The summed E-state index contributed by atoms with van der Waals surface area (Å²) in [6, 6.07) is 7.30. The molecule has 1 aliphatic rings. The first-order chi connectivity index (χ1) is 17.4. The normalized spacial score (nSPS) is 16.4. The van der Waals surface area contributed by atoms with Gasteiger partial charge < -0.3 is 24.5 Å². The van der Waals surface area contributed by atoms with Crippen LogP contribution in [0.15, 0.2) is 36.5 Å². The Hall–Kier alpha value is -3.43. The lowest BCUT2D eigenvalue weighted by molar-refractivity contribution is -0.0641. The number of hydrogen-bond donors (Lipinski definition) is 4. The number of benzene rings is 1. The van der Waals surface area contributed by atoms with Crippen molar-refractivity contribution in [2.24, 2.45) is 0 Å². The van der Waals surface area contributed by atoms with Gasteiger partial charge in [0.2, 0.25) is 5.82 Å². The molecule has 1 saturated heterocycles. The summed E-state index contributed by atoms with van der Waals surface area (Å²) in [5.41, 5.74) is 1.32. The van der Waals surface area contributed by atoms with Crippen LogP contribution < -0.4 is 4.90 Å². The van der Waals surface area contributed by atoms with Crippen LogP contribution in [0.2, 0.25) is 0 Å². The lowest BCUT2D eigenvalue weighted by atomic mass is 10.1. The fourth-order valence-electron chi connectivity index (χ4n) is 3.27. The number of aliphatic hydroxyl groups excluding tert-OH is 1. The second-order valence-electron chi connectivity index (χ2n) is 7.68. The van der Waals surface area contributed by atoms with Gasteiger partial charge in [-0.25, -0.2) is 22.5 Å². The lowest BCUT2D eigenvalue weighted by Gasteiger charge is -2.16. The number of alkyl halides is 2. The number of carbonyl (C=O) groups excluding carboxylic acids is 1. The number of rotatable bonds is 7. The second-order valence-corrected chi connectivity index (χ2v) is 8.70. The van der Waals surface area contributed by atoms with E-state index in [4.69, 9.17) is 24.0 Å². The molecular formula is C20H22F3N6O7P. The van der Waals surface area contributed by atoms with Gasteiger partial charge in [-0.05, 0) is 35.9 Å². The van der Waals surface area contributed by atoms with E-state index in [0.717, 1.165) is 17.4 Å². The van der Waals surface area contributed by atoms with Gasteiger partial charge in [-0.1, -0.05) is 13.0 Å². The molecule has 3 aromatic rings. The van der Waals surface area contributed by atoms with Gasteiger partial charge in [0.05, 0.1) is 18.8 Å². The third kappa shape index (κ3) is 7.53. The summed E-state index contributed by atoms with van der Waals surface area (Å²) in [5.74, 6) is -0.288. The monoisotopic (exact) mass is 546 g/mol. The maximum atomic E-state index is 14.8. The number of carbonyl (C=O) groups is 1. The predicted octanol–water partition coefficient (Wildman–Crippen LogP) is 1.97. The van der Waals surface area contributed by atoms with Crippen molar-refractivity contribution in [1.82, 2.24) is 25.2 Å². The Labute approximate surface area is 207 Å². The van der Waals surface area contributed by atoms with Crippen LogP contribution >= 0.6 is 7.82 Å². The van der Waals surface area contributed by atoms with E-state index in [9.17, 15) is 23.1 Å². The van der Waals surface area contributed by atoms with Crippen molar-refractivity contribution in [2.45, 2.75) is 38.5 Å². The standard InChI is InChI=1S/C20H19F3N6O3.H3O4P/c1-2-7-29-26-19(25-27-29)15-6-3-11(9-24-15)13-5-4-12(8-14(13)21)28-10-16(32-20(28)31)17(30)18(22)23;1-5(2,3)4/h3-6,8-9,16-18,30H,2,7,10H2,1H3;(H3,1,2,3,4)/t16-,17?;/m0./s1. The van der Waals surface area contributed by atoms with E-state index in [1.807, 2.05) is 6.92 Å². The molecule has 0 aliphatic carbocycles. The number of cyclic esters (lactones) is 1. The molecule has 1 unspecified atom stereocenters. The number of halogens is 3. The minimum absolute atomic E-state index is 0.126. The number of nitrogens with zero attached hydrogens (tertiary/aromatic N) is 6. The van der Waals surface area contributed by atoms with E-state index in [1.54, 1.807) is 12.1 Å². The molecule has 3 heterocycles. The molecule has 0 saturated carbocycles. The number of phosphoric acid groups is 1. The van der Waals surface area contributed by atoms with Crippen molar-refractivity contribution in [3.63, 3.8) is 0 Å². The summed E-state index contributed by atoms with van der Waals surface area (Å²) in [7, 11) is -4.64. The highest BCUT2D eigenvalue weighted by Crippen LogP contribution is 2.30. The van der Waals surface area contributed by atoms with Gasteiger partial charge in [0.1, 0.15) is 11.5 Å². The Morgan fingerprint density at radius 2 is 1.92 bits per heavy atom. The van der Waals surface area contributed by atoms with Gasteiger partial charge in [-0.3, -0.25) is 9.88 Å². The van der Waals surface area contributed by atoms with E-state index in [0.29, 0.717) is 23.6 Å². The number of hydrogen-bond acceptors (Lipinski definition) is 8. The van der Waals surface area contributed by atoms with E-state index in [1.165, 1.54) is 23.1 Å². The molecule has 1 amide bonds. The largest absolute Gasteiger partial charge is 0.466 e. The maximum Gasteiger partial charge on any atom is 0.466 e. The van der Waals surface area contributed by atoms with Crippen molar-refractivity contribution >= 4 is 19.6 Å². The van der Waals surface area contributed by atoms with Gasteiger partial charge in [-0.2, -0.15) is 4.80 Å². The summed E-state index contributed by atoms with van der Waals surface area (Å²) in [6.07, 6.45) is -5.18. The summed E-state index contributed by atoms with van der Waals surface area (Å²) >= 11 is 0. The van der Waals surface area contributed by atoms with Crippen LogP contribution in [0.5, 0.6) is 0 Å². The lowest BCUT2D eigenvalue weighted by Crippen LogP contribution is -2.36. The van der Waals surface area contributed by atoms with Crippen LogP contribution in [0.25, 0.3) is 22.6 Å². The number of pyridine rings is 1. The van der Waals surface area contributed by atoms with Crippen LogP contribution in [0.4, 0.5) is 23.7 Å². The highest BCUT2D eigenvalue weighted by Gasteiger charge is 2.40. The Morgan fingerprint density at radius 3 is 2.49 bits per heavy atom. The molecule has 200 valence electrons. The predicted molar refractivity (Wildman–Crippen MR) is 121 cm³/mol. The molecule has 37 heavy (non-hydrogen) atoms. The average molecular weight is 546 g/mol. The number of tetrazole rings is 1. The SMILES string of the molecule is CCCn1nnc(-c2ccc(-c3ccc(N4C[C@@H](C(O)C(F)F)OC4=O)cc3F)cn2)n1.O=P(O)(O)O. The number of aryl methyl sites for hydroxylation is 1. The van der Waals surface area contributed by atoms with Gasteiger partial charge in [0, 0.05) is 17.3 Å². The fraction of sp³-hybridized carbons (Fsp3) is 0.350. The molecule has 1 aromatic carbocycles. The molecule has 1 aliphatic heterocycles. The minimum Gasteiger partial charge on any atom is -0.441 e. The Bertz CT molecular complexity index is 1270. The molecule has 0 bridgehead atoms. The van der Waals surface area contributed by atoms with Crippen molar-refractivity contribution in [3.8, 4) is 22.6 Å². The quantitative estimate of drug-likeness (QED) is 0.318. The molecule has 1 fully saturated rings. The van der Waals surface area contributed by atoms with Crippen LogP contribution in [-0.4, -0.2) is 76.2 Å². The van der Waals surface area contributed by atoms with Crippen molar-refractivity contribution in [3.05, 3.63) is 42.3 Å². The van der Waals surface area contributed by atoms with Gasteiger partial charge in [0.15, 0.2) is 12.2 Å². The third-order valence-corrected chi connectivity index (χ3v) is 4.92. The number of amides is 1. The first kappa shape index (κ1) is 28.1. The molecule has 17 heteroatoms.